The van der Waals surface area contributed by atoms with Crippen molar-refractivity contribution in [3.8, 4) is 11.3 Å². The molecule has 1 aliphatic heterocycles. The maximum atomic E-state index is 13.9. The molecule has 0 saturated carbocycles. The Bertz CT molecular complexity index is 1440. The van der Waals surface area contributed by atoms with Crippen LogP contribution in [0.15, 0.2) is 47.5 Å². The average Bonchev–Trinajstić information content (AvgIpc) is 3.38. The molecular formula is C26H23ClF3N3O7S. The van der Waals surface area contributed by atoms with Gasteiger partial charge in [0.05, 0.1) is 11.2 Å². The zero-order chi connectivity index (χ0) is 29.8. The molecule has 5 unspecified atom stereocenters. The summed E-state index contributed by atoms with van der Waals surface area (Å²) in [6.07, 6.45) is -2.29. The van der Waals surface area contributed by atoms with E-state index in [0.717, 1.165) is 37.7 Å². The molecule has 1 saturated heterocycles. The number of carbonyl (C=O) groups excluding carboxylic acids is 3. The van der Waals surface area contributed by atoms with E-state index < -0.39 is 65.1 Å². The zero-order valence-electron chi connectivity index (χ0n) is 21.8. The highest BCUT2D eigenvalue weighted by Gasteiger charge is 2.52. The molecule has 41 heavy (non-hydrogen) atoms. The number of rotatable bonds is 8. The van der Waals surface area contributed by atoms with Crippen molar-refractivity contribution < 1.29 is 46.5 Å². The lowest BCUT2D eigenvalue weighted by molar-refractivity contribution is -0.212. The largest absolute Gasteiger partial charge is 0.463 e. The van der Waals surface area contributed by atoms with E-state index in [0.29, 0.717) is 9.92 Å². The third kappa shape index (κ3) is 7.18. The maximum absolute atomic E-state index is 13.9. The molecule has 1 aromatic heterocycles. The van der Waals surface area contributed by atoms with Crippen molar-refractivity contribution in [3.05, 3.63) is 65.1 Å². The average molecular weight is 614 g/mol. The predicted molar refractivity (Wildman–Crippen MR) is 138 cm³/mol. The van der Waals surface area contributed by atoms with E-state index >= 15 is 0 Å². The molecule has 4 rings (SSSR count). The summed E-state index contributed by atoms with van der Waals surface area (Å²) in [5, 5.41) is 8.37. The molecule has 0 bridgehead atoms. The molecule has 5 atom stereocenters. The van der Waals surface area contributed by atoms with Crippen LogP contribution < -0.4 is 0 Å². The Hall–Kier alpha value is -3.62. The molecule has 10 nitrogen and oxygen atoms in total. The first kappa shape index (κ1) is 30.3. The van der Waals surface area contributed by atoms with Crippen LogP contribution in [0.5, 0.6) is 0 Å². The lowest BCUT2D eigenvalue weighted by Crippen LogP contribution is -2.57. The molecule has 2 aromatic carbocycles. The summed E-state index contributed by atoms with van der Waals surface area (Å²) in [5.41, 5.74) is -1.21. The van der Waals surface area contributed by atoms with E-state index in [9.17, 15) is 27.6 Å². The monoisotopic (exact) mass is 613 g/mol. The Morgan fingerprint density at radius 1 is 1.00 bits per heavy atom. The van der Waals surface area contributed by atoms with Gasteiger partial charge in [-0.25, -0.2) is 17.9 Å². The molecule has 0 amide bonds. The second-order valence-electron chi connectivity index (χ2n) is 8.87. The van der Waals surface area contributed by atoms with Crippen molar-refractivity contribution in [2.45, 2.75) is 55.5 Å². The van der Waals surface area contributed by atoms with E-state index in [1.807, 2.05) is 0 Å². The normalized spacial score (nSPS) is 22.2. The van der Waals surface area contributed by atoms with Gasteiger partial charge in [-0.2, -0.15) is 0 Å². The molecule has 2 heterocycles. The molecule has 15 heteroatoms. The number of hydrogen-bond acceptors (Lipinski definition) is 10. The summed E-state index contributed by atoms with van der Waals surface area (Å²) in [5.74, 6) is -6.60. The number of aromatic nitrogens is 3. The second kappa shape index (κ2) is 12.9. The highest BCUT2D eigenvalue weighted by molar-refractivity contribution is 8.00. The smallest absolute Gasteiger partial charge is 0.303 e. The molecule has 0 aliphatic carbocycles. The van der Waals surface area contributed by atoms with E-state index in [2.05, 4.69) is 10.3 Å². The van der Waals surface area contributed by atoms with E-state index in [1.165, 1.54) is 17.8 Å². The van der Waals surface area contributed by atoms with Gasteiger partial charge in [-0.05, 0) is 24.3 Å². The van der Waals surface area contributed by atoms with Crippen molar-refractivity contribution in [2.75, 3.05) is 6.61 Å². The number of carbonyl (C=O) groups is 3. The van der Waals surface area contributed by atoms with Crippen LogP contribution in [0.3, 0.4) is 0 Å². The third-order valence-electron chi connectivity index (χ3n) is 5.85. The molecule has 0 radical (unpaired) electrons. The van der Waals surface area contributed by atoms with Crippen LogP contribution in [0.4, 0.5) is 13.2 Å². The van der Waals surface area contributed by atoms with E-state index in [1.54, 1.807) is 24.3 Å². The number of nitrogens with zero attached hydrogens (tertiary/aromatic N) is 3. The van der Waals surface area contributed by atoms with Gasteiger partial charge in [-0.15, -0.1) is 5.10 Å². The van der Waals surface area contributed by atoms with Gasteiger partial charge >= 0.3 is 17.9 Å². The van der Waals surface area contributed by atoms with Gasteiger partial charge in [0.15, 0.2) is 29.7 Å². The first-order valence-corrected chi connectivity index (χ1v) is 13.3. The molecule has 218 valence electrons. The van der Waals surface area contributed by atoms with Crippen molar-refractivity contribution >= 4 is 41.3 Å². The molecule has 0 N–H and O–H groups in total. The first-order valence-electron chi connectivity index (χ1n) is 12.1. The fourth-order valence-electron chi connectivity index (χ4n) is 4.20. The molecule has 1 aliphatic rings. The van der Waals surface area contributed by atoms with Crippen molar-refractivity contribution in [3.63, 3.8) is 0 Å². The Balaban J connectivity index is 1.82. The van der Waals surface area contributed by atoms with Gasteiger partial charge in [-0.1, -0.05) is 40.7 Å². The van der Waals surface area contributed by atoms with Crippen LogP contribution in [0.25, 0.3) is 11.3 Å². The zero-order valence-corrected chi connectivity index (χ0v) is 23.3. The minimum absolute atomic E-state index is 0.0655. The predicted octanol–water partition coefficient (Wildman–Crippen LogP) is 4.50. The standard InChI is InChI=1S/C26H23ClF3N3O7S/c1-12(34)37-11-20-24(38-13(2)35)23(33-10-19(31-32-33)15-8-17(28)22(30)18(29)9-15)25(39-14(3)36)26(40-20)41-21-7-5-4-6-16(21)27/h4-10,20,23-26H,11H2,1-3H3. The summed E-state index contributed by atoms with van der Waals surface area (Å²) in [6, 6.07) is 7.14. The fraction of sp³-hybridized carbons (Fsp3) is 0.346. The van der Waals surface area contributed by atoms with Crippen molar-refractivity contribution in [1.29, 1.82) is 0 Å². The molecule has 1 fully saturated rings. The van der Waals surface area contributed by atoms with Crippen LogP contribution in [-0.4, -0.2) is 63.3 Å². The molecule has 3 aromatic rings. The van der Waals surface area contributed by atoms with Crippen LogP contribution in [0.2, 0.25) is 5.02 Å². The van der Waals surface area contributed by atoms with Crippen LogP contribution in [-0.2, 0) is 33.3 Å². The topological polar surface area (TPSA) is 119 Å². The highest BCUT2D eigenvalue weighted by atomic mass is 35.5. The van der Waals surface area contributed by atoms with Gasteiger partial charge in [0, 0.05) is 31.2 Å². The fourth-order valence-corrected chi connectivity index (χ4v) is 5.61. The minimum atomic E-state index is -1.65. The number of halogens is 4. The molecular weight excluding hydrogens is 591 g/mol. The number of thioether (sulfide) groups is 1. The van der Waals surface area contributed by atoms with Crippen molar-refractivity contribution in [2.24, 2.45) is 0 Å². The molecule has 0 spiro atoms. The lowest BCUT2D eigenvalue weighted by atomic mass is 9.96. The van der Waals surface area contributed by atoms with Gasteiger partial charge < -0.3 is 18.9 Å². The number of ether oxygens (including phenoxy) is 4. The Morgan fingerprint density at radius 3 is 2.24 bits per heavy atom. The summed E-state index contributed by atoms with van der Waals surface area (Å²) in [6.45, 7) is 3.13. The van der Waals surface area contributed by atoms with Crippen LogP contribution >= 0.6 is 23.4 Å². The Morgan fingerprint density at radius 2 is 1.63 bits per heavy atom. The minimum Gasteiger partial charge on any atom is -0.463 e. The summed E-state index contributed by atoms with van der Waals surface area (Å²) in [7, 11) is 0. The Kier molecular flexibility index (Phi) is 9.56. The third-order valence-corrected chi connectivity index (χ3v) is 7.51. The first-order chi connectivity index (χ1) is 19.4. The lowest BCUT2D eigenvalue weighted by Gasteiger charge is -2.44. The number of esters is 3. The summed E-state index contributed by atoms with van der Waals surface area (Å²) >= 11 is 7.45. The number of benzene rings is 2. The quantitative estimate of drug-likeness (QED) is 0.204. The highest BCUT2D eigenvalue weighted by Crippen LogP contribution is 2.43. The second-order valence-corrected chi connectivity index (χ2v) is 10.4. The van der Waals surface area contributed by atoms with Crippen LogP contribution in [0.1, 0.15) is 26.8 Å². The Labute approximate surface area is 241 Å². The van der Waals surface area contributed by atoms with Gasteiger partial charge in [0.25, 0.3) is 0 Å². The van der Waals surface area contributed by atoms with Gasteiger partial charge in [0.2, 0.25) is 0 Å². The summed E-state index contributed by atoms with van der Waals surface area (Å²) < 4.78 is 65.2. The van der Waals surface area contributed by atoms with Crippen LogP contribution in [0, 0.1) is 17.5 Å². The number of hydrogen-bond donors (Lipinski definition) is 0. The van der Waals surface area contributed by atoms with E-state index in [4.69, 9.17) is 30.5 Å². The maximum Gasteiger partial charge on any atom is 0.303 e. The summed E-state index contributed by atoms with van der Waals surface area (Å²) in [4.78, 5) is 36.6. The SMILES string of the molecule is CC(=O)OCC1OC(Sc2ccccc2Cl)C(OC(C)=O)C(n2cc(-c3cc(F)c(F)c(F)c3)nn2)C1OC(C)=O. The van der Waals surface area contributed by atoms with Gasteiger partial charge in [-0.3, -0.25) is 14.4 Å². The van der Waals surface area contributed by atoms with Crippen molar-refractivity contribution in [1.82, 2.24) is 15.0 Å². The van der Waals surface area contributed by atoms with Gasteiger partial charge in [0.1, 0.15) is 29.9 Å². The van der Waals surface area contributed by atoms with E-state index in [-0.39, 0.29) is 17.9 Å².